The number of carboxylic acid groups (broad SMARTS) is 1. The second-order valence-corrected chi connectivity index (χ2v) is 5.85. The molecule has 0 saturated heterocycles. The van der Waals surface area contributed by atoms with Gasteiger partial charge in [0.15, 0.2) is 6.10 Å². The van der Waals surface area contributed by atoms with Crippen molar-refractivity contribution < 1.29 is 19.4 Å². The zero-order chi connectivity index (χ0) is 15.6. The molecule has 0 fully saturated rings. The maximum absolute atomic E-state index is 12.3. The highest BCUT2D eigenvalue weighted by atomic mass is 35.5. The van der Waals surface area contributed by atoms with Crippen LogP contribution in [-0.2, 0) is 4.79 Å². The van der Waals surface area contributed by atoms with Gasteiger partial charge in [0, 0.05) is 5.56 Å². The quantitative estimate of drug-likeness (QED) is 0.828. The fourth-order valence-electron chi connectivity index (χ4n) is 1.58. The van der Waals surface area contributed by atoms with E-state index in [0.717, 1.165) is 0 Å². The lowest BCUT2D eigenvalue weighted by Crippen LogP contribution is -2.23. The number of carbonyl (C=O) groups excluding carboxylic acids is 1. The van der Waals surface area contributed by atoms with Gasteiger partial charge >= 0.3 is 5.97 Å². The molecule has 1 heterocycles. The van der Waals surface area contributed by atoms with Crippen molar-refractivity contribution >= 4 is 46.3 Å². The van der Waals surface area contributed by atoms with Crippen LogP contribution in [0.4, 0.5) is 0 Å². The van der Waals surface area contributed by atoms with E-state index in [0.29, 0.717) is 4.88 Å². The molecule has 1 unspecified atom stereocenters. The lowest BCUT2D eigenvalue weighted by atomic mass is 10.1. The topological polar surface area (TPSA) is 63.6 Å². The molecule has 0 saturated carbocycles. The number of carboxylic acids is 1. The molecule has 0 amide bonds. The fourth-order valence-corrected chi connectivity index (χ4v) is 2.71. The van der Waals surface area contributed by atoms with Gasteiger partial charge < -0.3 is 9.84 Å². The molecule has 21 heavy (non-hydrogen) atoms. The summed E-state index contributed by atoms with van der Waals surface area (Å²) >= 11 is 13.5. The number of benzene rings is 1. The molecule has 0 spiro atoms. The van der Waals surface area contributed by atoms with E-state index in [2.05, 4.69) is 0 Å². The molecule has 7 heteroatoms. The van der Waals surface area contributed by atoms with Crippen molar-refractivity contribution in [2.75, 3.05) is 0 Å². The lowest BCUT2D eigenvalue weighted by Gasteiger charge is -2.13. The monoisotopic (exact) mass is 344 g/mol. The standard InChI is InChI=1S/C14H10Cl2O4S/c1-7(14(18)19)20-9-5-4-8(11(15)12(9)16)13(17)10-3-2-6-21-10/h2-7H,1H3,(H,18,19). The fraction of sp³-hybridized carbons (Fsp3) is 0.143. The van der Waals surface area contributed by atoms with Crippen LogP contribution in [0.2, 0.25) is 10.0 Å². The number of hydrogen-bond donors (Lipinski definition) is 1. The van der Waals surface area contributed by atoms with E-state index >= 15 is 0 Å². The molecular formula is C14H10Cl2O4S. The van der Waals surface area contributed by atoms with Crippen molar-refractivity contribution in [2.45, 2.75) is 13.0 Å². The summed E-state index contributed by atoms with van der Waals surface area (Å²) in [5, 5.41) is 10.7. The third-order valence-electron chi connectivity index (χ3n) is 2.69. The Bertz CT molecular complexity index is 683. The molecule has 110 valence electrons. The maximum atomic E-state index is 12.3. The predicted molar refractivity (Wildman–Crippen MR) is 81.9 cm³/mol. The van der Waals surface area contributed by atoms with Gasteiger partial charge in [-0.25, -0.2) is 4.79 Å². The van der Waals surface area contributed by atoms with Gasteiger partial charge in [-0.1, -0.05) is 29.3 Å². The smallest absolute Gasteiger partial charge is 0.344 e. The van der Waals surface area contributed by atoms with Crippen molar-refractivity contribution in [3.8, 4) is 5.75 Å². The van der Waals surface area contributed by atoms with E-state index in [-0.39, 0.29) is 27.1 Å². The van der Waals surface area contributed by atoms with Gasteiger partial charge in [0.1, 0.15) is 10.8 Å². The van der Waals surface area contributed by atoms with Crippen LogP contribution in [0, 0.1) is 0 Å². The summed E-state index contributed by atoms with van der Waals surface area (Å²) < 4.78 is 5.19. The van der Waals surface area contributed by atoms with Gasteiger partial charge in [-0.2, -0.15) is 0 Å². The number of ether oxygens (including phenoxy) is 1. The van der Waals surface area contributed by atoms with Crippen LogP contribution in [0.3, 0.4) is 0 Å². The Morgan fingerprint density at radius 3 is 2.52 bits per heavy atom. The van der Waals surface area contributed by atoms with Gasteiger partial charge in [-0.05, 0) is 30.5 Å². The molecule has 0 aliphatic heterocycles. The van der Waals surface area contributed by atoms with Crippen molar-refractivity contribution in [2.24, 2.45) is 0 Å². The van der Waals surface area contributed by atoms with E-state index in [9.17, 15) is 9.59 Å². The normalized spacial score (nSPS) is 12.0. The SMILES string of the molecule is CC(Oc1ccc(C(=O)c2cccs2)c(Cl)c1Cl)C(=O)O. The van der Waals surface area contributed by atoms with Crippen molar-refractivity contribution in [1.82, 2.24) is 0 Å². The molecule has 0 aliphatic rings. The first-order valence-corrected chi connectivity index (χ1v) is 7.51. The summed E-state index contributed by atoms with van der Waals surface area (Å²) in [4.78, 5) is 23.6. The third-order valence-corrected chi connectivity index (χ3v) is 4.42. The Balaban J connectivity index is 2.34. The zero-order valence-electron chi connectivity index (χ0n) is 10.8. The highest BCUT2D eigenvalue weighted by Gasteiger charge is 2.21. The summed E-state index contributed by atoms with van der Waals surface area (Å²) in [6.45, 7) is 1.37. The average molecular weight is 345 g/mol. The molecule has 0 radical (unpaired) electrons. The van der Waals surface area contributed by atoms with Crippen molar-refractivity contribution in [1.29, 1.82) is 0 Å². The first kappa shape index (κ1) is 15.8. The lowest BCUT2D eigenvalue weighted by molar-refractivity contribution is -0.144. The first-order valence-electron chi connectivity index (χ1n) is 5.87. The van der Waals surface area contributed by atoms with Crippen LogP contribution < -0.4 is 4.74 Å². The van der Waals surface area contributed by atoms with Crippen molar-refractivity contribution in [3.63, 3.8) is 0 Å². The molecule has 1 aromatic heterocycles. The van der Waals surface area contributed by atoms with E-state index in [4.69, 9.17) is 33.0 Å². The number of thiophene rings is 1. The second kappa shape index (κ2) is 6.47. The second-order valence-electron chi connectivity index (χ2n) is 4.14. The van der Waals surface area contributed by atoms with Crippen LogP contribution in [0.1, 0.15) is 22.2 Å². The van der Waals surface area contributed by atoms with E-state index in [1.54, 1.807) is 17.5 Å². The minimum atomic E-state index is -1.12. The minimum absolute atomic E-state index is 0.0205. The highest BCUT2D eigenvalue weighted by Crippen LogP contribution is 2.36. The van der Waals surface area contributed by atoms with Crippen LogP contribution in [0.25, 0.3) is 0 Å². The molecule has 0 bridgehead atoms. The highest BCUT2D eigenvalue weighted by molar-refractivity contribution is 7.12. The molecule has 0 aliphatic carbocycles. The van der Waals surface area contributed by atoms with Crippen molar-refractivity contribution in [3.05, 3.63) is 50.1 Å². The Morgan fingerprint density at radius 1 is 1.24 bits per heavy atom. The van der Waals surface area contributed by atoms with E-state index in [1.807, 2.05) is 0 Å². The van der Waals surface area contributed by atoms with Crippen LogP contribution in [0.5, 0.6) is 5.75 Å². The zero-order valence-corrected chi connectivity index (χ0v) is 13.1. The average Bonchev–Trinajstić information content (AvgIpc) is 2.97. The van der Waals surface area contributed by atoms with E-state index in [1.165, 1.54) is 30.4 Å². The van der Waals surface area contributed by atoms with Gasteiger partial charge in [-0.15, -0.1) is 11.3 Å². The summed E-state index contributed by atoms with van der Waals surface area (Å²) in [5.41, 5.74) is 0.249. The number of carbonyl (C=O) groups is 2. The summed E-state index contributed by atoms with van der Waals surface area (Å²) in [6.07, 6.45) is -1.07. The summed E-state index contributed by atoms with van der Waals surface area (Å²) in [7, 11) is 0. The molecule has 2 rings (SSSR count). The number of aliphatic carboxylic acids is 1. The molecule has 2 aromatic rings. The van der Waals surface area contributed by atoms with Crippen LogP contribution >= 0.6 is 34.5 Å². The molecule has 1 aromatic carbocycles. The van der Waals surface area contributed by atoms with Crippen LogP contribution in [-0.4, -0.2) is 23.0 Å². The number of hydrogen-bond acceptors (Lipinski definition) is 4. The van der Waals surface area contributed by atoms with Gasteiger partial charge in [0.25, 0.3) is 0 Å². The maximum Gasteiger partial charge on any atom is 0.344 e. The Hall–Kier alpha value is -1.56. The molecule has 1 N–H and O–H groups in total. The van der Waals surface area contributed by atoms with Gasteiger partial charge in [0.2, 0.25) is 5.78 Å². The van der Waals surface area contributed by atoms with E-state index < -0.39 is 12.1 Å². The largest absolute Gasteiger partial charge is 0.479 e. The first-order chi connectivity index (χ1) is 9.91. The molecular weight excluding hydrogens is 335 g/mol. The summed E-state index contributed by atoms with van der Waals surface area (Å²) in [5.74, 6) is -1.24. The summed E-state index contributed by atoms with van der Waals surface area (Å²) in [6, 6.07) is 6.36. The number of rotatable bonds is 5. The predicted octanol–water partition coefficient (Wildman–Crippen LogP) is 4.14. The van der Waals surface area contributed by atoms with Gasteiger partial charge in [-0.3, -0.25) is 4.79 Å². The number of ketones is 1. The Labute approximate surface area is 134 Å². The Kier molecular flexibility index (Phi) is 4.88. The minimum Gasteiger partial charge on any atom is -0.479 e. The molecule has 1 atom stereocenters. The number of halogens is 2. The third kappa shape index (κ3) is 3.37. The van der Waals surface area contributed by atoms with Crippen LogP contribution in [0.15, 0.2) is 29.6 Å². The van der Waals surface area contributed by atoms with Gasteiger partial charge in [0.05, 0.1) is 9.90 Å². The Morgan fingerprint density at radius 2 is 1.95 bits per heavy atom. The molecule has 4 nitrogen and oxygen atoms in total.